The van der Waals surface area contributed by atoms with Crippen molar-refractivity contribution in [3.05, 3.63) is 23.8 Å². The highest BCUT2D eigenvalue weighted by Gasteiger charge is 2.40. The van der Waals surface area contributed by atoms with Crippen LogP contribution in [0.3, 0.4) is 0 Å². The molecule has 0 aromatic heterocycles. The lowest BCUT2D eigenvalue weighted by Gasteiger charge is -2.37. The molecule has 1 aromatic rings. The fourth-order valence-corrected chi connectivity index (χ4v) is 3.52. The molecule has 0 aliphatic carbocycles. The normalized spacial score (nSPS) is 27.3. The van der Waals surface area contributed by atoms with Gasteiger partial charge in [-0.2, -0.15) is 0 Å². The highest BCUT2D eigenvalue weighted by molar-refractivity contribution is 5.46. The van der Waals surface area contributed by atoms with E-state index in [-0.39, 0.29) is 5.60 Å². The maximum atomic E-state index is 5.99. The molecule has 2 atom stereocenters. The standard InChI is InChI=1S/C18H27NO4/c1-3-22-16-6-4-5-14(17(16)20-2)12-19-15-7-9-23-18(11-15)8-10-21-13-18/h4-6,15,19H,3,7-13H2,1-2H3/t15-,18+/m0/s1. The van der Waals surface area contributed by atoms with Crippen molar-refractivity contribution in [1.29, 1.82) is 0 Å². The molecule has 3 rings (SSSR count). The second kappa shape index (κ2) is 7.51. The zero-order chi connectivity index (χ0) is 16.1. The monoisotopic (exact) mass is 321 g/mol. The zero-order valence-corrected chi connectivity index (χ0v) is 14.1. The molecule has 2 aliphatic rings. The van der Waals surface area contributed by atoms with Crippen molar-refractivity contribution in [2.75, 3.05) is 33.5 Å². The van der Waals surface area contributed by atoms with Crippen molar-refractivity contribution in [3.8, 4) is 11.5 Å². The number of para-hydroxylation sites is 1. The van der Waals surface area contributed by atoms with Crippen LogP contribution in [0.1, 0.15) is 31.7 Å². The Labute approximate surface area is 138 Å². The van der Waals surface area contributed by atoms with Gasteiger partial charge in [-0.1, -0.05) is 12.1 Å². The number of hydrogen-bond acceptors (Lipinski definition) is 5. The predicted molar refractivity (Wildman–Crippen MR) is 88.1 cm³/mol. The van der Waals surface area contributed by atoms with Gasteiger partial charge in [-0.15, -0.1) is 0 Å². The first-order chi connectivity index (χ1) is 11.3. The van der Waals surface area contributed by atoms with Crippen molar-refractivity contribution < 1.29 is 18.9 Å². The van der Waals surface area contributed by atoms with E-state index < -0.39 is 0 Å². The molecule has 0 unspecified atom stereocenters. The Hall–Kier alpha value is -1.30. The summed E-state index contributed by atoms with van der Waals surface area (Å²) in [6.07, 6.45) is 3.06. The number of hydrogen-bond donors (Lipinski definition) is 1. The van der Waals surface area contributed by atoms with Gasteiger partial charge in [-0.25, -0.2) is 0 Å². The first-order valence-electron chi connectivity index (χ1n) is 8.50. The fraction of sp³-hybridized carbons (Fsp3) is 0.667. The first-order valence-corrected chi connectivity index (χ1v) is 8.50. The number of benzene rings is 1. The molecule has 2 fully saturated rings. The van der Waals surface area contributed by atoms with Crippen molar-refractivity contribution in [3.63, 3.8) is 0 Å². The van der Waals surface area contributed by atoms with Gasteiger partial charge in [-0.05, 0) is 25.8 Å². The summed E-state index contributed by atoms with van der Waals surface area (Å²) in [4.78, 5) is 0. The van der Waals surface area contributed by atoms with Gasteiger partial charge in [0, 0.05) is 37.8 Å². The molecule has 5 heteroatoms. The zero-order valence-electron chi connectivity index (χ0n) is 14.1. The topological polar surface area (TPSA) is 49.0 Å². The summed E-state index contributed by atoms with van der Waals surface area (Å²) >= 11 is 0. The van der Waals surface area contributed by atoms with Gasteiger partial charge >= 0.3 is 0 Å². The summed E-state index contributed by atoms with van der Waals surface area (Å²) in [5.74, 6) is 1.63. The Bertz CT molecular complexity index is 514. The Morgan fingerprint density at radius 1 is 1.35 bits per heavy atom. The molecular weight excluding hydrogens is 294 g/mol. The van der Waals surface area contributed by atoms with Gasteiger partial charge in [0.05, 0.1) is 25.9 Å². The molecule has 128 valence electrons. The lowest BCUT2D eigenvalue weighted by atomic mass is 9.89. The van der Waals surface area contributed by atoms with Crippen molar-refractivity contribution in [1.82, 2.24) is 5.32 Å². The van der Waals surface area contributed by atoms with E-state index in [1.54, 1.807) is 7.11 Å². The molecule has 2 saturated heterocycles. The third-order valence-corrected chi connectivity index (χ3v) is 4.71. The number of ether oxygens (including phenoxy) is 4. The molecule has 2 heterocycles. The van der Waals surface area contributed by atoms with Crippen molar-refractivity contribution in [2.24, 2.45) is 0 Å². The second-order valence-corrected chi connectivity index (χ2v) is 6.29. The Morgan fingerprint density at radius 2 is 2.26 bits per heavy atom. The van der Waals surface area contributed by atoms with Crippen LogP contribution in [-0.4, -0.2) is 45.2 Å². The van der Waals surface area contributed by atoms with E-state index in [4.69, 9.17) is 18.9 Å². The molecule has 2 aliphatic heterocycles. The SMILES string of the molecule is CCOc1cccc(CN[C@H]2CCO[C@]3(CCOC3)C2)c1OC. The predicted octanol–water partition coefficient (Wildman–Crippen LogP) is 2.52. The maximum Gasteiger partial charge on any atom is 0.165 e. The minimum Gasteiger partial charge on any atom is -0.493 e. The smallest absolute Gasteiger partial charge is 0.165 e. The van der Waals surface area contributed by atoms with E-state index in [0.717, 1.165) is 62.7 Å². The highest BCUT2D eigenvalue weighted by atomic mass is 16.6. The molecule has 1 N–H and O–H groups in total. The summed E-state index contributed by atoms with van der Waals surface area (Å²) in [5, 5.41) is 3.66. The minimum atomic E-state index is -0.0623. The molecule has 0 radical (unpaired) electrons. The molecule has 1 aromatic carbocycles. The van der Waals surface area contributed by atoms with Crippen LogP contribution in [0.25, 0.3) is 0 Å². The van der Waals surface area contributed by atoms with Crippen molar-refractivity contribution >= 4 is 0 Å². The molecule has 5 nitrogen and oxygen atoms in total. The first kappa shape index (κ1) is 16.6. The van der Waals surface area contributed by atoms with Gasteiger partial charge in [-0.3, -0.25) is 0 Å². The number of rotatable bonds is 6. The van der Waals surface area contributed by atoms with E-state index >= 15 is 0 Å². The van der Waals surface area contributed by atoms with E-state index in [0.29, 0.717) is 12.6 Å². The molecule has 0 amide bonds. The highest BCUT2D eigenvalue weighted by Crippen LogP contribution is 2.34. The summed E-state index contributed by atoms with van der Waals surface area (Å²) in [7, 11) is 1.70. The van der Waals surface area contributed by atoms with Crippen LogP contribution >= 0.6 is 0 Å². The van der Waals surface area contributed by atoms with Gasteiger partial charge < -0.3 is 24.3 Å². The Balaban J connectivity index is 1.62. The second-order valence-electron chi connectivity index (χ2n) is 6.29. The van der Waals surface area contributed by atoms with Crippen LogP contribution < -0.4 is 14.8 Å². The van der Waals surface area contributed by atoms with Crippen LogP contribution in [0.4, 0.5) is 0 Å². The van der Waals surface area contributed by atoms with E-state index in [9.17, 15) is 0 Å². The molecular formula is C18H27NO4. The largest absolute Gasteiger partial charge is 0.493 e. The summed E-state index contributed by atoms with van der Waals surface area (Å²) in [5.41, 5.74) is 1.06. The molecule has 23 heavy (non-hydrogen) atoms. The Morgan fingerprint density at radius 3 is 3.00 bits per heavy atom. The van der Waals surface area contributed by atoms with E-state index in [1.165, 1.54) is 0 Å². The van der Waals surface area contributed by atoms with Gasteiger partial charge in [0.15, 0.2) is 11.5 Å². The molecule has 1 spiro atoms. The van der Waals surface area contributed by atoms with Crippen LogP contribution in [0, 0.1) is 0 Å². The third-order valence-electron chi connectivity index (χ3n) is 4.71. The average molecular weight is 321 g/mol. The maximum absolute atomic E-state index is 5.99. The summed E-state index contributed by atoms with van der Waals surface area (Å²) in [6, 6.07) is 6.50. The summed E-state index contributed by atoms with van der Waals surface area (Å²) in [6.45, 7) is 5.74. The van der Waals surface area contributed by atoms with Crippen molar-refractivity contribution in [2.45, 2.75) is 44.4 Å². The average Bonchev–Trinajstić information content (AvgIpc) is 3.01. The lowest BCUT2D eigenvalue weighted by Crippen LogP contribution is -2.47. The number of nitrogens with one attached hydrogen (secondary N) is 1. The van der Waals surface area contributed by atoms with Crippen LogP contribution in [0.15, 0.2) is 18.2 Å². The van der Waals surface area contributed by atoms with Gasteiger partial charge in [0.1, 0.15) is 0 Å². The molecule has 0 bridgehead atoms. The van der Waals surface area contributed by atoms with E-state index in [2.05, 4.69) is 11.4 Å². The fourth-order valence-electron chi connectivity index (χ4n) is 3.52. The third kappa shape index (κ3) is 3.79. The van der Waals surface area contributed by atoms with Gasteiger partial charge in [0.2, 0.25) is 0 Å². The Kier molecular flexibility index (Phi) is 5.41. The molecule has 0 saturated carbocycles. The van der Waals surface area contributed by atoms with Crippen LogP contribution in [0.2, 0.25) is 0 Å². The lowest BCUT2D eigenvalue weighted by molar-refractivity contribution is -0.0894. The van der Waals surface area contributed by atoms with E-state index in [1.807, 2.05) is 19.1 Å². The minimum absolute atomic E-state index is 0.0623. The number of methoxy groups -OCH3 is 1. The summed E-state index contributed by atoms with van der Waals surface area (Å²) < 4.78 is 22.7. The quantitative estimate of drug-likeness (QED) is 0.872. The van der Waals surface area contributed by atoms with Gasteiger partial charge in [0.25, 0.3) is 0 Å². The van der Waals surface area contributed by atoms with Crippen LogP contribution in [-0.2, 0) is 16.0 Å². The van der Waals surface area contributed by atoms with Crippen LogP contribution in [0.5, 0.6) is 11.5 Å².